The van der Waals surface area contributed by atoms with E-state index in [4.69, 9.17) is 23.2 Å². The first kappa shape index (κ1) is 16.6. The van der Waals surface area contributed by atoms with Crippen molar-refractivity contribution in [2.24, 2.45) is 0 Å². The average molecular weight is 331 g/mol. The summed E-state index contributed by atoms with van der Waals surface area (Å²) in [6.45, 7) is 4.04. The Morgan fingerprint density at radius 2 is 2.14 bits per heavy atom. The van der Waals surface area contributed by atoms with Gasteiger partial charge in [0.1, 0.15) is 0 Å². The van der Waals surface area contributed by atoms with Gasteiger partial charge in [-0.2, -0.15) is 0 Å². The second-order valence-electron chi connectivity index (χ2n) is 5.81. The van der Waals surface area contributed by atoms with Gasteiger partial charge in [0.05, 0.1) is 18.7 Å². The van der Waals surface area contributed by atoms with E-state index in [1.165, 1.54) is 0 Å². The van der Waals surface area contributed by atoms with Gasteiger partial charge in [0.15, 0.2) is 0 Å². The van der Waals surface area contributed by atoms with Crippen molar-refractivity contribution < 1.29 is 9.90 Å². The number of hydrogen-bond donors (Lipinski definition) is 2. The van der Waals surface area contributed by atoms with Crippen LogP contribution in [0.3, 0.4) is 0 Å². The first-order valence-electron chi connectivity index (χ1n) is 6.95. The fourth-order valence-electron chi connectivity index (χ4n) is 2.85. The predicted octanol–water partition coefficient (Wildman–Crippen LogP) is 2.41. The molecule has 4 nitrogen and oxygen atoms in total. The van der Waals surface area contributed by atoms with Crippen LogP contribution in [0.25, 0.3) is 0 Å². The van der Waals surface area contributed by atoms with E-state index in [1.54, 1.807) is 6.07 Å². The molecule has 116 valence electrons. The molecule has 2 N–H and O–H groups in total. The van der Waals surface area contributed by atoms with Crippen molar-refractivity contribution in [1.82, 2.24) is 10.2 Å². The molecule has 0 heterocycles. The van der Waals surface area contributed by atoms with E-state index in [-0.39, 0.29) is 24.5 Å². The SMILES string of the molecule is CC(C)NC(=O)CN(C)[C@@H]1c2cc(Cl)cc(Cl)c2C[C@H]1O. The van der Waals surface area contributed by atoms with Gasteiger partial charge in [0.25, 0.3) is 0 Å². The summed E-state index contributed by atoms with van der Waals surface area (Å²) in [7, 11) is 1.82. The Labute approximate surface area is 135 Å². The highest BCUT2D eigenvalue weighted by Gasteiger charge is 2.36. The molecule has 0 saturated heterocycles. The van der Waals surface area contributed by atoms with Gasteiger partial charge in [-0.3, -0.25) is 9.69 Å². The van der Waals surface area contributed by atoms with Gasteiger partial charge in [-0.05, 0) is 44.2 Å². The van der Waals surface area contributed by atoms with Crippen molar-refractivity contribution in [2.75, 3.05) is 13.6 Å². The lowest BCUT2D eigenvalue weighted by Crippen LogP contribution is -2.41. The first-order chi connectivity index (χ1) is 9.79. The molecule has 0 saturated carbocycles. The van der Waals surface area contributed by atoms with Gasteiger partial charge >= 0.3 is 0 Å². The predicted molar refractivity (Wildman–Crippen MR) is 84.8 cm³/mol. The monoisotopic (exact) mass is 330 g/mol. The summed E-state index contributed by atoms with van der Waals surface area (Å²) >= 11 is 12.2. The Hall–Kier alpha value is -0.810. The fourth-order valence-corrected chi connectivity index (χ4v) is 3.44. The van der Waals surface area contributed by atoms with E-state index in [1.807, 2.05) is 31.9 Å². The zero-order valence-corrected chi connectivity index (χ0v) is 13.9. The highest BCUT2D eigenvalue weighted by molar-refractivity contribution is 6.35. The van der Waals surface area contributed by atoms with Gasteiger partial charge in [0.2, 0.25) is 5.91 Å². The van der Waals surface area contributed by atoms with Crippen molar-refractivity contribution in [3.63, 3.8) is 0 Å². The summed E-state index contributed by atoms with van der Waals surface area (Å²) in [6, 6.07) is 3.33. The molecule has 1 amide bonds. The number of fused-ring (bicyclic) bond motifs is 1. The van der Waals surface area contributed by atoms with Crippen LogP contribution in [0.15, 0.2) is 12.1 Å². The summed E-state index contributed by atoms with van der Waals surface area (Å²) in [4.78, 5) is 13.7. The van der Waals surface area contributed by atoms with Gasteiger partial charge in [-0.15, -0.1) is 0 Å². The van der Waals surface area contributed by atoms with Crippen LogP contribution in [0.5, 0.6) is 0 Å². The number of amides is 1. The van der Waals surface area contributed by atoms with Gasteiger partial charge in [0, 0.05) is 22.5 Å². The number of halogens is 2. The van der Waals surface area contributed by atoms with Crippen LogP contribution in [-0.4, -0.2) is 41.7 Å². The number of aliphatic hydroxyl groups excluding tert-OH is 1. The molecule has 0 bridgehead atoms. The number of nitrogens with zero attached hydrogens (tertiary/aromatic N) is 1. The van der Waals surface area contributed by atoms with E-state index in [2.05, 4.69) is 5.32 Å². The Morgan fingerprint density at radius 1 is 1.48 bits per heavy atom. The van der Waals surface area contributed by atoms with Gasteiger partial charge in [-0.25, -0.2) is 0 Å². The average Bonchev–Trinajstić information content (AvgIpc) is 2.64. The van der Waals surface area contributed by atoms with Crippen molar-refractivity contribution in [3.05, 3.63) is 33.3 Å². The topological polar surface area (TPSA) is 52.6 Å². The molecular formula is C15H20Cl2N2O2. The second-order valence-corrected chi connectivity index (χ2v) is 6.65. The number of carbonyl (C=O) groups is 1. The number of carbonyl (C=O) groups excluding carboxylic acids is 1. The standard InChI is InChI=1S/C15H20Cl2N2O2/c1-8(2)18-14(21)7-19(3)15-11-4-9(16)5-12(17)10(11)6-13(15)20/h4-5,8,13,15,20H,6-7H2,1-3H3,(H,18,21)/t13-,15-/m1/s1. The number of nitrogens with one attached hydrogen (secondary N) is 1. The molecule has 1 aromatic rings. The minimum atomic E-state index is -0.590. The molecule has 0 fully saturated rings. The molecule has 0 radical (unpaired) electrons. The maximum atomic E-state index is 11.9. The van der Waals surface area contributed by atoms with E-state index in [0.717, 1.165) is 11.1 Å². The quantitative estimate of drug-likeness (QED) is 0.891. The van der Waals surface area contributed by atoms with Gasteiger partial charge in [-0.1, -0.05) is 23.2 Å². The molecule has 1 aliphatic carbocycles. The van der Waals surface area contributed by atoms with Crippen molar-refractivity contribution in [2.45, 2.75) is 38.5 Å². The smallest absolute Gasteiger partial charge is 0.234 e. The van der Waals surface area contributed by atoms with Crippen LogP contribution in [0.2, 0.25) is 10.0 Å². The molecule has 6 heteroatoms. The number of rotatable bonds is 4. The Balaban J connectivity index is 2.20. The van der Waals surface area contributed by atoms with Crippen molar-refractivity contribution >= 4 is 29.1 Å². The maximum Gasteiger partial charge on any atom is 0.234 e. The largest absolute Gasteiger partial charge is 0.391 e. The molecule has 2 rings (SSSR count). The third-order valence-corrected chi connectivity index (χ3v) is 4.16. The first-order valence-corrected chi connectivity index (χ1v) is 7.70. The number of benzene rings is 1. The Morgan fingerprint density at radius 3 is 2.76 bits per heavy atom. The van der Waals surface area contributed by atoms with E-state index < -0.39 is 6.10 Å². The fraction of sp³-hybridized carbons (Fsp3) is 0.533. The number of aliphatic hydroxyl groups is 1. The molecule has 1 aliphatic rings. The zero-order chi connectivity index (χ0) is 15.7. The lowest BCUT2D eigenvalue weighted by Gasteiger charge is -2.27. The normalized spacial score (nSPS) is 21.0. The van der Waals surface area contributed by atoms with Crippen LogP contribution < -0.4 is 5.32 Å². The summed E-state index contributed by atoms with van der Waals surface area (Å²) < 4.78 is 0. The molecular weight excluding hydrogens is 311 g/mol. The lowest BCUT2D eigenvalue weighted by molar-refractivity contribution is -0.123. The molecule has 0 spiro atoms. The molecule has 21 heavy (non-hydrogen) atoms. The van der Waals surface area contributed by atoms with E-state index >= 15 is 0 Å². The Bertz CT molecular complexity index is 549. The second kappa shape index (κ2) is 6.53. The zero-order valence-electron chi connectivity index (χ0n) is 12.4. The summed E-state index contributed by atoms with van der Waals surface area (Å²) in [6.07, 6.45) is -0.112. The van der Waals surface area contributed by atoms with Crippen LogP contribution >= 0.6 is 23.2 Å². The summed E-state index contributed by atoms with van der Waals surface area (Å²) in [5, 5.41) is 14.3. The third kappa shape index (κ3) is 3.69. The third-order valence-electron chi connectivity index (χ3n) is 3.61. The number of hydrogen-bond acceptors (Lipinski definition) is 3. The lowest BCUT2D eigenvalue weighted by atomic mass is 10.1. The maximum absolute atomic E-state index is 11.9. The minimum absolute atomic E-state index is 0.0683. The summed E-state index contributed by atoms with van der Waals surface area (Å²) in [5.74, 6) is -0.0683. The van der Waals surface area contributed by atoms with Gasteiger partial charge < -0.3 is 10.4 Å². The highest BCUT2D eigenvalue weighted by Crippen LogP contribution is 2.40. The molecule has 0 aliphatic heterocycles. The summed E-state index contributed by atoms with van der Waals surface area (Å²) in [5.41, 5.74) is 1.81. The number of likely N-dealkylation sites (N-methyl/N-ethyl adjacent to an activating group) is 1. The Kier molecular flexibility index (Phi) is 5.15. The van der Waals surface area contributed by atoms with E-state index in [9.17, 15) is 9.90 Å². The molecule has 0 unspecified atom stereocenters. The van der Waals surface area contributed by atoms with Crippen molar-refractivity contribution in [3.8, 4) is 0 Å². The van der Waals surface area contributed by atoms with Crippen LogP contribution in [0, 0.1) is 0 Å². The van der Waals surface area contributed by atoms with Crippen molar-refractivity contribution in [1.29, 1.82) is 0 Å². The molecule has 1 aromatic carbocycles. The molecule has 2 atom stereocenters. The van der Waals surface area contributed by atoms with Crippen LogP contribution in [0.4, 0.5) is 0 Å². The van der Waals surface area contributed by atoms with E-state index in [0.29, 0.717) is 16.5 Å². The minimum Gasteiger partial charge on any atom is -0.391 e. The molecule has 0 aromatic heterocycles. The van der Waals surface area contributed by atoms with Crippen LogP contribution in [0.1, 0.15) is 31.0 Å². The van der Waals surface area contributed by atoms with Crippen LogP contribution in [-0.2, 0) is 11.2 Å². The highest BCUT2D eigenvalue weighted by atomic mass is 35.5.